The minimum Gasteiger partial charge on any atom is -0.465 e. The first-order chi connectivity index (χ1) is 11.7. The van der Waals surface area contributed by atoms with Crippen LogP contribution in [0.3, 0.4) is 0 Å². The van der Waals surface area contributed by atoms with Crippen LogP contribution in [-0.2, 0) is 17.8 Å². The van der Waals surface area contributed by atoms with E-state index in [0.717, 1.165) is 50.4 Å². The molecular formula is C20H26N2O2. The molecule has 0 atom stereocenters. The molecule has 1 aliphatic rings. The maximum atomic E-state index is 12.3. The molecule has 4 nitrogen and oxygen atoms in total. The summed E-state index contributed by atoms with van der Waals surface area (Å²) in [5.74, 6) is 2.32. The first-order valence-electron chi connectivity index (χ1n) is 8.80. The molecule has 1 aromatic carbocycles. The van der Waals surface area contributed by atoms with Crippen LogP contribution in [0.4, 0.5) is 0 Å². The summed E-state index contributed by atoms with van der Waals surface area (Å²) in [5, 5.41) is 3.09. The molecule has 24 heavy (non-hydrogen) atoms. The Hall–Kier alpha value is -2.07. The number of amides is 1. The molecule has 0 bridgehead atoms. The van der Waals surface area contributed by atoms with Crippen molar-refractivity contribution in [1.29, 1.82) is 0 Å². The van der Waals surface area contributed by atoms with E-state index in [1.807, 2.05) is 37.3 Å². The minimum atomic E-state index is 0.148. The van der Waals surface area contributed by atoms with Crippen LogP contribution in [0.15, 0.2) is 46.9 Å². The van der Waals surface area contributed by atoms with E-state index in [9.17, 15) is 4.79 Å². The van der Waals surface area contributed by atoms with Gasteiger partial charge in [0.25, 0.3) is 0 Å². The minimum absolute atomic E-state index is 0.148. The average Bonchev–Trinajstić information content (AvgIpc) is 3.01. The first-order valence-corrected chi connectivity index (χ1v) is 8.80. The molecule has 0 aliphatic carbocycles. The zero-order valence-corrected chi connectivity index (χ0v) is 14.3. The van der Waals surface area contributed by atoms with Gasteiger partial charge < -0.3 is 9.73 Å². The monoisotopic (exact) mass is 326 g/mol. The molecular weight excluding hydrogens is 300 g/mol. The third kappa shape index (κ3) is 4.71. The van der Waals surface area contributed by atoms with Crippen molar-refractivity contribution in [2.75, 3.05) is 19.6 Å². The molecule has 0 unspecified atom stereocenters. The van der Waals surface area contributed by atoms with E-state index in [4.69, 9.17) is 4.42 Å². The van der Waals surface area contributed by atoms with E-state index < -0.39 is 0 Å². The third-order valence-corrected chi connectivity index (χ3v) is 4.69. The van der Waals surface area contributed by atoms with Crippen LogP contribution in [0.5, 0.6) is 0 Å². The summed E-state index contributed by atoms with van der Waals surface area (Å²) in [6.07, 6.45) is 2.75. The van der Waals surface area contributed by atoms with Gasteiger partial charge in [0.1, 0.15) is 11.5 Å². The van der Waals surface area contributed by atoms with E-state index in [1.54, 1.807) is 0 Å². The van der Waals surface area contributed by atoms with E-state index >= 15 is 0 Å². The number of hydrogen-bond acceptors (Lipinski definition) is 3. The second-order valence-corrected chi connectivity index (χ2v) is 6.59. The highest BCUT2D eigenvalue weighted by atomic mass is 16.3. The number of rotatable bonds is 6. The van der Waals surface area contributed by atoms with Crippen molar-refractivity contribution in [3.05, 3.63) is 59.5 Å². The molecule has 2 heterocycles. The Kier molecular flexibility index (Phi) is 5.70. The van der Waals surface area contributed by atoms with Gasteiger partial charge in [-0.2, -0.15) is 0 Å². The molecule has 1 amide bonds. The molecule has 3 rings (SSSR count). The van der Waals surface area contributed by atoms with Gasteiger partial charge in [-0.1, -0.05) is 30.3 Å². The van der Waals surface area contributed by atoms with Gasteiger partial charge in [0, 0.05) is 12.5 Å². The Labute approximate surface area is 143 Å². The lowest BCUT2D eigenvalue weighted by Crippen LogP contribution is -2.40. The predicted octanol–water partition coefficient (Wildman–Crippen LogP) is 3.16. The Morgan fingerprint density at radius 1 is 1.17 bits per heavy atom. The first kappa shape index (κ1) is 16.8. The Balaban J connectivity index is 1.37. The Morgan fingerprint density at radius 2 is 1.92 bits per heavy atom. The SMILES string of the molecule is Cc1ccc(CN2CCC(C(=O)NCCc3ccccc3)CC2)o1. The van der Waals surface area contributed by atoms with Crippen molar-refractivity contribution < 1.29 is 9.21 Å². The lowest BCUT2D eigenvalue weighted by molar-refractivity contribution is -0.126. The van der Waals surface area contributed by atoms with Gasteiger partial charge in [0.2, 0.25) is 5.91 Å². The highest BCUT2D eigenvalue weighted by molar-refractivity contribution is 5.78. The molecule has 0 radical (unpaired) electrons. The summed E-state index contributed by atoms with van der Waals surface area (Å²) in [4.78, 5) is 14.7. The fourth-order valence-corrected chi connectivity index (χ4v) is 3.26. The predicted molar refractivity (Wildman–Crippen MR) is 94.6 cm³/mol. The number of carbonyl (C=O) groups is 1. The molecule has 1 N–H and O–H groups in total. The fraction of sp³-hybridized carbons (Fsp3) is 0.450. The van der Waals surface area contributed by atoms with Gasteiger partial charge in [-0.15, -0.1) is 0 Å². The molecule has 4 heteroatoms. The molecule has 0 spiro atoms. The molecule has 0 saturated carbocycles. The number of piperidine rings is 1. The molecule has 128 valence electrons. The highest BCUT2D eigenvalue weighted by Gasteiger charge is 2.25. The van der Waals surface area contributed by atoms with Gasteiger partial charge in [0.15, 0.2) is 0 Å². The fourth-order valence-electron chi connectivity index (χ4n) is 3.26. The van der Waals surface area contributed by atoms with Crippen molar-refractivity contribution in [2.45, 2.75) is 32.7 Å². The average molecular weight is 326 g/mol. The van der Waals surface area contributed by atoms with Gasteiger partial charge in [0.05, 0.1) is 6.54 Å². The summed E-state index contributed by atoms with van der Waals surface area (Å²) >= 11 is 0. The van der Waals surface area contributed by atoms with Gasteiger partial charge >= 0.3 is 0 Å². The zero-order valence-electron chi connectivity index (χ0n) is 14.3. The van der Waals surface area contributed by atoms with E-state index in [0.29, 0.717) is 6.54 Å². The molecule has 1 fully saturated rings. The van der Waals surface area contributed by atoms with E-state index in [-0.39, 0.29) is 11.8 Å². The maximum absolute atomic E-state index is 12.3. The van der Waals surface area contributed by atoms with Gasteiger partial charge in [-0.25, -0.2) is 0 Å². The summed E-state index contributed by atoms with van der Waals surface area (Å²) in [6, 6.07) is 14.3. The molecule has 1 aliphatic heterocycles. The van der Waals surface area contributed by atoms with Crippen LogP contribution in [0.1, 0.15) is 29.9 Å². The largest absolute Gasteiger partial charge is 0.465 e. The number of hydrogen-bond donors (Lipinski definition) is 1. The number of likely N-dealkylation sites (tertiary alicyclic amines) is 1. The van der Waals surface area contributed by atoms with E-state index in [2.05, 4.69) is 22.3 Å². The Bertz CT molecular complexity index is 643. The van der Waals surface area contributed by atoms with Crippen LogP contribution >= 0.6 is 0 Å². The number of benzene rings is 1. The summed E-state index contributed by atoms with van der Waals surface area (Å²) in [7, 11) is 0. The van der Waals surface area contributed by atoms with Crippen LogP contribution in [0, 0.1) is 12.8 Å². The summed E-state index contributed by atoms with van der Waals surface area (Å²) in [5.41, 5.74) is 1.27. The number of carbonyl (C=O) groups excluding carboxylic acids is 1. The van der Waals surface area contributed by atoms with Gasteiger partial charge in [-0.05, 0) is 57.0 Å². The third-order valence-electron chi connectivity index (χ3n) is 4.69. The summed E-state index contributed by atoms with van der Waals surface area (Å²) in [6.45, 7) is 5.44. The number of nitrogens with zero attached hydrogens (tertiary/aromatic N) is 1. The maximum Gasteiger partial charge on any atom is 0.223 e. The van der Waals surface area contributed by atoms with Crippen LogP contribution in [0.2, 0.25) is 0 Å². The number of aryl methyl sites for hydroxylation is 1. The number of nitrogens with one attached hydrogen (secondary N) is 1. The van der Waals surface area contributed by atoms with Gasteiger partial charge in [-0.3, -0.25) is 9.69 Å². The van der Waals surface area contributed by atoms with E-state index in [1.165, 1.54) is 5.56 Å². The van der Waals surface area contributed by atoms with Crippen molar-refractivity contribution in [2.24, 2.45) is 5.92 Å². The van der Waals surface area contributed by atoms with Crippen molar-refractivity contribution in [3.8, 4) is 0 Å². The zero-order chi connectivity index (χ0) is 16.8. The molecule has 1 aromatic heterocycles. The lowest BCUT2D eigenvalue weighted by Gasteiger charge is -2.30. The smallest absolute Gasteiger partial charge is 0.223 e. The van der Waals surface area contributed by atoms with Crippen LogP contribution < -0.4 is 5.32 Å². The quantitative estimate of drug-likeness (QED) is 0.887. The standard InChI is InChI=1S/C20H26N2O2/c1-16-7-8-19(24-16)15-22-13-10-18(11-14-22)20(23)21-12-9-17-5-3-2-4-6-17/h2-8,18H,9-15H2,1H3,(H,21,23). The molecule has 2 aromatic rings. The van der Waals surface area contributed by atoms with Crippen LogP contribution in [0.25, 0.3) is 0 Å². The number of furan rings is 1. The normalized spacial score (nSPS) is 16.2. The van der Waals surface area contributed by atoms with Crippen molar-refractivity contribution in [3.63, 3.8) is 0 Å². The molecule has 1 saturated heterocycles. The summed E-state index contributed by atoms with van der Waals surface area (Å²) < 4.78 is 5.63. The second kappa shape index (κ2) is 8.15. The highest BCUT2D eigenvalue weighted by Crippen LogP contribution is 2.20. The van der Waals surface area contributed by atoms with Crippen molar-refractivity contribution in [1.82, 2.24) is 10.2 Å². The van der Waals surface area contributed by atoms with Crippen molar-refractivity contribution >= 4 is 5.91 Å². The second-order valence-electron chi connectivity index (χ2n) is 6.59. The topological polar surface area (TPSA) is 45.5 Å². The lowest BCUT2D eigenvalue weighted by atomic mass is 9.95. The Morgan fingerprint density at radius 3 is 2.58 bits per heavy atom. The van der Waals surface area contributed by atoms with Crippen LogP contribution in [-0.4, -0.2) is 30.4 Å².